The zero-order valence-corrected chi connectivity index (χ0v) is 18.8. The van der Waals surface area contributed by atoms with Crippen molar-refractivity contribution in [3.63, 3.8) is 0 Å². The maximum atomic E-state index is 13.5. The lowest BCUT2D eigenvalue weighted by molar-refractivity contribution is -0.384. The van der Waals surface area contributed by atoms with E-state index < -0.39 is 4.92 Å². The Hall–Kier alpha value is -3.73. The van der Waals surface area contributed by atoms with Crippen molar-refractivity contribution >= 4 is 23.2 Å². The van der Waals surface area contributed by atoms with E-state index in [-0.39, 0.29) is 17.6 Å². The van der Waals surface area contributed by atoms with Crippen molar-refractivity contribution in [1.29, 1.82) is 0 Å². The normalized spacial score (nSPS) is 14.3. The Balaban J connectivity index is 1.65. The van der Waals surface area contributed by atoms with Gasteiger partial charge in [-0.2, -0.15) is 0 Å². The SMILES string of the molecule is CCC(NC(=O)/C(=C/c1cccc([N+](=O)[O-])c1)c1ccccc1)c1ccc2c(c1)CCCC2. The second-order valence-corrected chi connectivity index (χ2v) is 8.45. The van der Waals surface area contributed by atoms with Crippen LogP contribution in [0, 0.1) is 10.1 Å². The first-order valence-electron chi connectivity index (χ1n) is 11.5. The van der Waals surface area contributed by atoms with E-state index in [0.717, 1.165) is 30.4 Å². The van der Waals surface area contributed by atoms with Gasteiger partial charge in [0.25, 0.3) is 11.6 Å². The van der Waals surface area contributed by atoms with Gasteiger partial charge < -0.3 is 5.32 Å². The minimum atomic E-state index is -0.428. The van der Waals surface area contributed by atoms with Gasteiger partial charge in [-0.3, -0.25) is 14.9 Å². The van der Waals surface area contributed by atoms with Crippen LogP contribution in [0.15, 0.2) is 72.8 Å². The smallest absolute Gasteiger partial charge is 0.270 e. The number of hydrogen-bond donors (Lipinski definition) is 1. The number of aryl methyl sites for hydroxylation is 2. The number of hydrogen-bond acceptors (Lipinski definition) is 3. The molecular formula is C28H28N2O3. The average Bonchev–Trinajstić information content (AvgIpc) is 2.86. The van der Waals surface area contributed by atoms with Crippen molar-refractivity contribution in [2.75, 3.05) is 0 Å². The summed E-state index contributed by atoms with van der Waals surface area (Å²) in [6, 6.07) is 22.2. The molecule has 0 aromatic heterocycles. The van der Waals surface area contributed by atoms with Crippen molar-refractivity contribution in [2.24, 2.45) is 0 Å². The summed E-state index contributed by atoms with van der Waals surface area (Å²) in [5.41, 5.74) is 5.78. The molecule has 0 fully saturated rings. The summed E-state index contributed by atoms with van der Waals surface area (Å²) in [6.45, 7) is 2.07. The molecule has 5 nitrogen and oxygen atoms in total. The standard InChI is InChI=1S/C28H28N2O3/c1-2-27(24-16-15-21-10-6-7-13-23(21)19-24)29-28(31)26(22-11-4-3-5-12-22)18-20-9-8-14-25(17-20)30(32)33/h3-5,8-9,11-12,14-19,27H,2,6-7,10,13H2,1H3,(H,29,31)/b26-18+. The molecule has 4 rings (SSSR count). The summed E-state index contributed by atoms with van der Waals surface area (Å²) >= 11 is 0. The highest BCUT2D eigenvalue weighted by Crippen LogP contribution is 2.27. The van der Waals surface area contributed by atoms with Crippen LogP contribution < -0.4 is 5.32 Å². The third kappa shape index (κ3) is 5.37. The molecule has 1 N–H and O–H groups in total. The van der Waals surface area contributed by atoms with Gasteiger partial charge in [0, 0.05) is 17.7 Å². The minimum absolute atomic E-state index is 0.00272. The van der Waals surface area contributed by atoms with Crippen LogP contribution in [-0.4, -0.2) is 10.8 Å². The number of carbonyl (C=O) groups is 1. The topological polar surface area (TPSA) is 72.2 Å². The number of nitrogens with one attached hydrogen (secondary N) is 1. The number of carbonyl (C=O) groups excluding carboxylic acids is 1. The number of rotatable bonds is 7. The first-order chi connectivity index (χ1) is 16.0. The van der Waals surface area contributed by atoms with E-state index >= 15 is 0 Å². The van der Waals surface area contributed by atoms with Crippen LogP contribution in [0.1, 0.15) is 60.0 Å². The first-order valence-corrected chi connectivity index (χ1v) is 11.5. The van der Waals surface area contributed by atoms with Gasteiger partial charge in [-0.25, -0.2) is 0 Å². The number of nitrogens with zero attached hydrogens (tertiary/aromatic N) is 1. The summed E-state index contributed by atoms with van der Waals surface area (Å²) in [5, 5.41) is 14.4. The van der Waals surface area contributed by atoms with Gasteiger partial charge in [0.05, 0.1) is 11.0 Å². The number of fused-ring (bicyclic) bond motifs is 1. The minimum Gasteiger partial charge on any atom is -0.345 e. The summed E-state index contributed by atoms with van der Waals surface area (Å²) in [4.78, 5) is 24.2. The van der Waals surface area contributed by atoms with Crippen LogP contribution in [0.3, 0.4) is 0 Å². The average molecular weight is 441 g/mol. The monoisotopic (exact) mass is 440 g/mol. The van der Waals surface area contributed by atoms with E-state index in [0.29, 0.717) is 11.1 Å². The van der Waals surface area contributed by atoms with Crippen molar-refractivity contribution < 1.29 is 9.72 Å². The fraction of sp³-hybridized carbons (Fsp3) is 0.250. The maximum absolute atomic E-state index is 13.5. The predicted molar refractivity (Wildman–Crippen MR) is 132 cm³/mol. The van der Waals surface area contributed by atoms with Crippen molar-refractivity contribution in [2.45, 2.75) is 45.1 Å². The summed E-state index contributed by atoms with van der Waals surface area (Å²) in [6.07, 6.45) is 7.16. The molecule has 0 heterocycles. The maximum Gasteiger partial charge on any atom is 0.270 e. The Morgan fingerprint density at radius 2 is 1.76 bits per heavy atom. The van der Waals surface area contributed by atoms with Crippen LogP contribution >= 0.6 is 0 Å². The lowest BCUT2D eigenvalue weighted by Gasteiger charge is -2.22. The molecule has 5 heteroatoms. The summed E-state index contributed by atoms with van der Waals surface area (Å²) < 4.78 is 0. The molecule has 1 aliphatic rings. The molecule has 1 unspecified atom stereocenters. The zero-order chi connectivity index (χ0) is 23.2. The molecule has 3 aromatic carbocycles. The van der Waals surface area contributed by atoms with Crippen molar-refractivity contribution in [3.05, 3.63) is 111 Å². The molecule has 0 radical (unpaired) electrons. The molecule has 0 aliphatic heterocycles. The second kappa shape index (κ2) is 10.3. The Bertz CT molecular complexity index is 1180. The molecule has 0 saturated heterocycles. The molecule has 33 heavy (non-hydrogen) atoms. The Morgan fingerprint density at radius 1 is 1.00 bits per heavy atom. The lowest BCUT2D eigenvalue weighted by Crippen LogP contribution is -2.29. The predicted octanol–water partition coefficient (Wildman–Crippen LogP) is 6.28. The zero-order valence-electron chi connectivity index (χ0n) is 18.8. The quantitative estimate of drug-likeness (QED) is 0.203. The Kier molecular flexibility index (Phi) is 6.98. The van der Waals surface area contributed by atoms with E-state index in [1.165, 1.54) is 36.1 Å². The van der Waals surface area contributed by atoms with Crippen molar-refractivity contribution in [1.82, 2.24) is 5.32 Å². The van der Waals surface area contributed by atoms with Gasteiger partial charge in [0.1, 0.15) is 0 Å². The highest BCUT2D eigenvalue weighted by Gasteiger charge is 2.19. The Labute approximate surface area is 194 Å². The van der Waals surface area contributed by atoms with E-state index in [9.17, 15) is 14.9 Å². The summed E-state index contributed by atoms with van der Waals surface area (Å²) in [7, 11) is 0. The molecule has 1 atom stereocenters. The van der Waals surface area contributed by atoms with Gasteiger partial charge in [-0.1, -0.05) is 67.6 Å². The van der Waals surface area contributed by atoms with Gasteiger partial charge >= 0.3 is 0 Å². The number of non-ortho nitro benzene ring substituents is 1. The van der Waals surface area contributed by atoms with Crippen LogP contribution in [-0.2, 0) is 17.6 Å². The molecule has 0 saturated carbocycles. The van der Waals surface area contributed by atoms with Gasteiger partial charge in [-0.05, 0) is 66.0 Å². The van der Waals surface area contributed by atoms with Crippen LogP contribution in [0.4, 0.5) is 5.69 Å². The number of amides is 1. The van der Waals surface area contributed by atoms with Crippen molar-refractivity contribution in [3.8, 4) is 0 Å². The highest BCUT2D eigenvalue weighted by atomic mass is 16.6. The molecule has 168 valence electrons. The third-order valence-electron chi connectivity index (χ3n) is 6.21. The summed E-state index contributed by atoms with van der Waals surface area (Å²) in [5.74, 6) is -0.197. The lowest BCUT2D eigenvalue weighted by atomic mass is 9.88. The second-order valence-electron chi connectivity index (χ2n) is 8.45. The van der Waals surface area contributed by atoms with Gasteiger partial charge in [0.15, 0.2) is 0 Å². The van der Waals surface area contributed by atoms with Crippen LogP contribution in [0.5, 0.6) is 0 Å². The highest BCUT2D eigenvalue weighted by molar-refractivity contribution is 6.24. The van der Waals surface area contributed by atoms with Gasteiger partial charge in [0.2, 0.25) is 0 Å². The fourth-order valence-electron chi connectivity index (χ4n) is 4.42. The largest absolute Gasteiger partial charge is 0.345 e. The fourth-order valence-corrected chi connectivity index (χ4v) is 4.42. The van der Waals surface area contributed by atoms with E-state index in [1.54, 1.807) is 18.2 Å². The molecule has 3 aromatic rings. The molecule has 0 bridgehead atoms. The molecule has 0 spiro atoms. The molecule has 1 amide bonds. The number of nitro benzene ring substituents is 1. The number of benzene rings is 3. The first kappa shape index (κ1) is 22.5. The molecular weight excluding hydrogens is 412 g/mol. The molecule has 1 aliphatic carbocycles. The van der Waals surface area contributed by atoms with E-state index in [4.69, 9.17) is 0 Å². The van der Waals surface area contributed by atoms with Crippen LogP contribution in [0.25, 0.3) is 11.6 Å². The van der Waals surface area contributed by atoms with Crippen LogP contribution in [0.2, 0.25) is 0 Å². The third-order valence-corrected chi connectivity index (χ3v) is 6.21. The van der Waals surface area contributed by atoms with E-state index in [2.05, 4.69) is 30.4 Å². The Morgan fingerprint density at radius 3 is 2.48 bits per heavy atom. The van der Waals surface area contributed by atoms with E-state index in [1.807, 2.05) is 30.3 Å². The van der Waals surface area contributed by atoms with Gasteiger partial charge in [-0.15, -0.1) is 0 Å². The number of nitro groups is 1.